The van der Waals surface area contributed by atoms with Crippen LogP contribution in [0.15, 0.2) is 0 Å². The van der Waals surface area contributed by atoms with Crippen molar-refractivity contribution in [1.82, 2.24) is 5.32 Å². The fraction of sp³-hybridized carbons (Fsp3) is 1.00. The molecule has 0 bridgehead atoms. The van der Waals surface area contributed by atoms with E-state index >= 15 is 0 Å². The molecule has 15 heavy (non-hydrogen) atoms. The molecule has 3 nitrogen and oxygen atoms in total. The van der Waals surface area contributed by atoms with Crippen LogP contribution in [-0.2, 0) is 4.74 Å². The smallest absolute Gasteiger partial charge is 0.0734 e. The fourth-order valence-corrected chi connectivity index (χ4v) is 2.41. The first-order valence-corrected chi connectivity index (χ1v) is 6.02. The number of methoxy groups -OCH3 is 1. The molecule has 0 aromatic carbocycles. The van der Waals surface area contributed by atoms with Crippen LogP contribution in [0.4, 0.5) is 0 Å². The highest BCUT2D eigenvalue weighted by Crippen LogP contribution is 2.27. The normalized spacial score (nSPS) is 32.6. The first-order chi connectivity index (χ1) is 7.01. The number of rotatable bonds is 5. The van der Waals surface area contributed by atoms with Gasteiger partial charge in [0.2, 0.25) is 0 Å². The zero-order valence-corrected chi connectivity index (χ0v) is 10.5. The second-order valence-corrected chi connectivity index (χ2v) is 5.26. The van der Waals surface area contributed by atoms with Gasteiger partial charge in [0.05, 0.1) is 11.6 Å². The Kier molecular flexibility index (Phi) is 4.56. The summed E-state index contributed by atoms with van der Waals surface area (Å²) in [7, 11) is 1.75. The topological polar surface area (TPSA) is 47.3 Å². The summed E-state index contributed by atoms with van der Waals surface area (Å²) in [6.45, 7) is 7.18. The molecule has 0 aromatic rings. The maximum Gasteiger partial charge on any atom is 0.0734 e. The molecule has 1 saturated carbocycles. The molecule has 90 valence electrons. The third kappa shape index (κ3) is 3.16. The lowest BCUT2D eigenvalue weighted by molar-refractivity contribution is 0.0361. The molecule has 0 aliphatic heterocycles. The van der Waals surface area contributed by atoms with Gasteiger partial charge in [-0.25, -0.2) is 0 Å². The summed E-state index contributed by atoms with van der Waals surface area (Å²) in [6, 6.07) is 0.617. The highest BCUT2D eigenvalue weighted by atomic mass is 16.5. The van der Waals surface area contributed by atoms with Crippen LogP contribution in [0.1, 0.15) is 40.0 Å². The van der Waals surface area contributed by atoms with Crippen molar-refractivity contribution in [3.63, 3.8) is 0 Å². The lowest BCUT2D eigenvalue weighted by atomic mass is 9.94. The Labute approximate surface area is 93.8 Å². The molecule has 0 spiro atoms. The molecular weight excluding hydrogens is 188 g/mol. The summed E-state index contributed by atoms with van der Waals surface area (Å²) >= 11 is 0. The van der Waals surface area contributed by atoms with Crippen molar-refractivity contribution in [2.45, 2.75) is 57.7 Å². The van der Waals surface area contributed by atoms with Gasteiger partial charge in [-0.05, 0) is 39.0 Å². The summed E-state index contributed by atoms with van der Waals surface area (Å²) in [5, 5.41) is 3.67. The predicted molar refractivity (Wildman–Crippen MR) is 63.9 cm³/mol. The maximum absolute atomic E-state index is 5.85. The van der Waals surface area contributed by atoms with E-state index in [4.69, 9.17) is 10.5 Å². The van der Waals surface area contributed by atoms with Crippen LogP contribution in [0.3, 0.4) is 0 Å². The Bertz CT molecular complexity index is 198. The van der Waals surface area contributed by atoms with Crippen molar-refractivity contribution in [2.24, 2.45) is 11.7 Å². The largest absolute Gasteiger partial charge is 0.380 e. The van der Waals surface area contributed by atoms with Gasteiger partial charge in [-0.2, -0.15) is 0 Å². The molecule has 1 rings (SSSR count). The van der Waals surface area contributed by atoms with Gasteiger partial charge in [0.1, 0.15) is 0 Å². The number of nitrogens with one attached hydrogen (secondary N) is 1. The highest BCUT2D eigenvalue weighted by Gasteiger charge is 2.34. The standard InChI is InChI=1S/C12H26N2O/c1-9-5-6-11(7-9)14-12(3,8-13)10(2)15-4/h9-11,14H,5-8,13H2,1-4H3. The van der Waals surface area contributed by atoms with Crippen LogP contribution in [0.25, 0.3) is 0 Å². The molecule has 1 aliphatic rings. The molecule has 0 radical (unpaired) electrons. The Hall–Kier alpha value is -0.120. The molecule has 1 fully saturated rings. The van der Waals surface area contributed by atoms with Gasteiger partial charge in [0.15, 0.2) is 0 Å². The van der Waals surface area contributed by atoms with Gasteiger partial charge in [0, 0.05) is 19.7 Å². The molecule has 1 aliphatic carbocycles. The van der Waals surface area contributed by atoms with Crippen molar-refractivity contribution in [3.8, 4) is 0 Å². The average molecular weight is 214 g/mol. The minimum atomic E-state index is -0.0938. The van der Waals surface area contributed by atoms with Crippen LogP contribution in [-0.4, -0.2) is 31.3 Å². The second kappa shape index (κ2) is 5.28. The zero-order valence-electron chi connectivity index (χ0n) is 10.5. The number of hydrogen-bond donors (Lipinski definition) is 2. The predicted octanol–water partition coefficient (Wildman–Crippen LogP) is 1.52. The van der Waals surface area contributed by atoms with Crippen molar-refractivity contribution in [3.05, 3.63) is 0 Å². The van der Waals surface area contributed by atoms with Crippen LogP contribution in [0, 0.1) is 5.92 Å². The minimum absolute atomic E-state index is 0.0938. The van der Waals surface area contributed by atoms with Crippen molar-refractivity contribution in [2.75, 3.05) is 13.7 Å². The zero-order chi connectivity index (χ0) is 11.5. The average Bonchev–Trinajstić information content (AvgIpc) is 2.62. The van der Waals surface area contributed by atoms with Crippen LogP contribution < -0.4 is 11.1 Å². The summed E-state index contributed by atoms with van der Waals surface area (Å²) < 4.78 is 5.40. The second-order valence-electron chi connectivity index (χ2n) is 5.26. The highest BCUT2D eigenvalue weighted by molar-refractivity contribution is 4.94. The van der Waals surface area contributed by atoms with Crippen molar-refractivity contribution < 1.29 is 4.74 Å². The van der Waals surface area contributed by atoms with Crippen molar-refractivity contribution >= 4 is 0 Å². The van der Waals surface area contributed by atoms with E-state index in [-0.39, 0.29) is 11.6 Å². The summed E-state index contributed by atoms with van der Waals surface area (Å²) in [6.07, 6.45) is 4.03. The van der Waals surface area contributed by atoms with Gasteiger partial charge in [0.25, 0.3) is 0 Å². The van der Waals surface area contributed by atoms with E-state index in [1.807, 2.05) is 0 Å². The van der Waals surface area contributed by atoms with E-state index in [1.165, 1.54) is 19.3 Å². The maximum atomic E-state index is 5.85. The van der Waals surface area contributed by atoms with E-state index in [0.29, 0.717) is 12.6 Å². The van der Waals surface area contributed by atoms with E-state index in [2.05, 4.69) is 26.1 Å². The molecule has 0 aromatic heterocycles. The van der Waals surface area contributed by atoms with Gasteiger partial charge >= 0.3 is 0 Å². The Morgan fingerprint density at radius 1 is 1.53 bits per heavy atom. The van der Waals surface area contributed by atoms with Crippen LogP contribution >= 0.6 is 0 Å². The Morgan fingerprint density at radius 2 is 2.20 bits per heavy atom. The molecule has 0 heterocycles. The first kappa shape index (κ1) is 12.9. The van der Waals surface area contributed by atoms with E-state index in [0.717, 1.165) is 5.92 Å². The van der Waals surface area contributed by atoms with Gasteiger partial charge in [-0.3, -0.25) is 0 Å². The Balaban J connectivity index is 2.52. The van der Waals surface area contributed by atoms with Gasteiger partial charge in [-0.15, -0.1) is 0 Å². The van der Waals surface area contributed by atoms with Crippen LogP contribution in [0.5, 0.6) is 0 Å². The fourth-order valence-electron chi connectivity index (χ4n) is 2.41. The quantitative estimate of drug-likeness (QED) is 0.729. The number of hydrogen-bond acceptors (Lipinski definition) is 3. The molecule has 4 atom stereocenters. The molecule has 0 amide bonds. The molecule has 0 saturated heterocycles. The third-order valence-corrected chi connectivity index (χ3v) is 3.90. The lowest BCUT2D eigenvalue weighted by Crippen LogP contribution is -2.59. The van der Waals surface area contributed by atoms with E-state index in [9.17, 15) is 0 Å². The summed E-state index contributed by atoms with van der Waals surface area (Å²) in [4.78, 5) is 0. The minimum Gasteiger partial charge on any atom is -0.380 e. The molecular formula is C12H26N2O. The SMILES string of the molecule is COC(C)C(C)(CN)NC1CCC(C)C1. The summed E-state index contributed by atoms with van der Waals surface area (Å²) in [5.74, 6) is 0.849. The van der Waals surface area contributed by atoms with Gasteiger partial charge < -0.3 is 15.8 Å². The van der Waals surface area contributed by atoms with E-state index in [1.54, 1.807) is 7.11 Å². The number of ether oxygens (including phenoxy) is 1. The lowest BCUT2D eigenvalue weighted by Gasteiger charge is -2.37. The first-order valence-electron chi connectivity index (χ1n) is 6.02. The molecule has 3 heteroatoms. The third-order valence-electron chi connectivity index (χ3n) is 3.90. The Morgan fingerprint density at radius 3 is 2.60 bits per heavy atom. The summed E-state index contributed by atoms with van der Waals surface area (Å²) in [5.41, 5.74) is 5.76. The van der Waals surface area contributed by atoms with E-state index < -0.39 is 0 Å². The van der Waals surface area contributed by atoms with Crippen molar-refractivity contribution in [1.29, 1.82) is 0 Å². The molecule has 4 unspecified atom stereocenters. The van der Waals surface area contributed by atoms with Gasteiger partial charge in [-0.1, -0.05) is 6.92 Å². The number of nitrogens with two attached hydrogens (primary N) is 1. The monoisotopic (exact) mass is 214 g/mol. The van der Waals surface area contributed by atoms with Crippen LogP contribution in [0.2, 0.25) is 0 Å². The molecule has 3 N–H and O–H groups in total.